The van der Waals surface area contributed by atoms with E-state index in [1.807, 2.05) is 36.4 Å². The van der Waals surface area contributed by atoms with Crippen molar-refractivity contribution in [3.8, 4) is 11.4 Å². The monoisotopic (exact) mass is 484 g/mol. The molecule has 0 saturated carbocycles. The van der Waals surface area contributed by atoms with Crippen LogP contribution >= 0.6 is 15.9 Å². The van der Waals surface area contributed by atoms with Gasteiger partial charge in [-0.2, -0.15) is 5.10 Å². The van der Waals surface area contributed by atoms with Gasteiger partial charge in [0.2, 0.25) is 0 Å². The number of nitrogens with zero attached hydrogens (tertiary/aromatic N) is 2. The molecule has 0 aliphatic rings. The SMILES string of the molecule is Cc1nn(-c2ccccc2)c(C)c1C(=O)C(=O)NNC(=O)C(C)Oc1cccc(Br)c1. The Labute approximate surface area is 187 Å². The van der Waals surface area contributed by atoms with Gasteiger partial charge in [-0.05, 0) is 51.1 Å². The lowest BCUT2D eigenvalue weighted by Gasteiger charge is -2.15. The number of halogens is 1. The Morgan fingerprint density at radius 2 is 1.74 bits per heavy atom. The molecule has 3 aromatic rings. The van der Waals surface area contributed by atoms with E-state index < -0.39 is 23.7 Å². The van der Waals surface area contributed by atoms with E-state index >= 15 is 0 Å². The van der Waals surface area contributed by atoms with Gasteiger partial charge in [0.15, 0.2) is 6.10 Å². The largest absolute Gasteiger partial charge is 0.481 e. The molecule has 160 valence electrons. The summed E-state index contributed by atoms with van der Waals surface area (Å²) in [5.74, 6) is -1.88. The van der Waals surface area contributed by atoms with Crippen LogP contribution in [0.2, 0.25) is 0 Å². The molecule has 0 bridgehead atoms. The van der Waals surface area contributed by atoms with Gasteiger partial charge in [0.25, 0.3) is 11.7 Å². The van der Waals surface area contributed by atoms with E-state index in [4.69, 9.17) is 4.74 Å². The number of carbonyl (C=O) groups is 3. The molecule has 0 fully saturated rings. The number of hydrogen-bond acceptors (Lipinski definition) is 5. The number of aryl methyl sites for hydroxylation is 1. The predicted molar refractivity (Wildman–Crippen MR) is 118 cm³/mol. The minimum atomic E-state index is -0.971. The van der Waals surface area contributed by atoms with E-state index in [1.165, 1.54) is 6.92 Å². The van der Waals surface area contributed by atoms with Crippen molar-refractivity contribution in [2.45, 2.75) is 26.9 Å². The van der Waals surface area contributed by atoms with Gasteiger partial charge in [-0.1, -0.05) is 40.2 Å². The summed E-state index contributed by atoms with van der Waals surface area (Å²) in [5.41, 5.74) is 6.28. The number of ether oxygens (including phenoxy) is 1. The number of nitrogens with one attached hydrogen (secondary N) is 2. The zero-order chi connectivity index (χ0) is 22.5. The maximum absolute atomic E-state index is 12.7. The molecule has 0 saturated heterocycles. The standard InChI is InChI=1S/C22H21BrN4O4/c1-13-19(14(2)27(26-13)17-9-5-4-6-10-17)20(28)22(30)25-24-21(29)15(3)31-18-11-7-8-16(23)12-18/h4-12,15H,1-3H3,(H,24,29)(H,25,30). The van der Waals surface area contributed by atoms with Crippen molar-refractivity contribution in [3.63, 3.8) is 0 Å². The number of carbonyl (C=O) groups excluding carboxylic acids is 3. The number of Topliss-reactive ketones (excluding diaryl/α,β-unsaturated/α-hetero) is 1. The molecule has 1 heterocycles. The summed E-state index contributed by atoms with van der Waals surface area (Å²) in [7, 11) is 0. The summed E-state index contributed by atoms with van der Waals surface area (Å²) >= 11 is 3.32. The quantitative estimate of drug-likeness (QED) is 0.318. The molecule has 31 heavy (non-hydrogen) atoms. The van der Waals surface area contributed by atoms with Gasteiger partial charge in [0.05, 0.1) is 22.6 Å². The fourth-order valence-electron chi connectivity index (χ4n) is 2.98. The first kappa shape index (κ1) is 22.2. The Kier molecular flexibility index (Phi) is 6.86. The maximum Gasteiger partial charge on any atom is 0.310 e. The third-order valence-corrected chi connectivity index (χ3v) is 5.00. The molecule has 2 amide bonds. The van der Waals surface area contributed by atoms with E-state index in [0.29, 0.717) is 17.1 Å². The number of hydrogen-bond donors (Lipinski definition) is 2. The maximum atomic E-state index is 12.7. The Bertz CT molecular complexity index is 1130. The smallest absolute Gasteiger partial charge is 0.310 e. The number of benzene rings is 2. The van der Waals surface area contributed by atoms with Gasteiger partial charge >= 0.3 is 5.91 Å². The van der Waals surface area contributed by atoms with E-state index in [0.717, 1.165) is 10.2 Å². The topological polar surface area (TPSA) is 102 Å². The summed E-state index contributed by atoms with van der Waals surface area (Å²) < 4.78 is 7.94. The lowest BCUT2D eigenvalue weighted by molar-refractivity contribution is -0.131. The van der Waals surface area contributed by atoms with E-state index in [2.05, 4.69) is 31.9 Å². The molecular formula is C22H21BrN4O4. The molecule has 2 aromatic carbocycles. The normalized spacial score (nSPS) is 11.5. The van der Waals surface area contributed by atoms with Crippen molar-refractivity contribution < 1.29 is 19.1 Å². The van der Waals surface area contributed by atoms with Crippen LogP contribution in [0.3, 0.4) is 0 Å². The van der Waals surface area contributed by atoms with Gasteiger partial charge < -0.3 is 4.74 Å². The average Bonchev–Trinajstić information content (AvgIpc) is 3.05. The zero-order valence-electron chi connectivity index (χ0n) is 17.2. The van der Waals surface area contributed by atoms with E-state index in [1.54, 1.807) is 36.7 Å². The number of rotatable bonds is 6. The summed E-state index contributed by atoms with van der Waals surface area (Å²) in [6, 6.07) is 16.3. The van der Waals surface area contributed by atoms with Crippen molar-refractivity contribution in [3.05, 3.63) is 76.0 Å². The van der Waals surface area contributed by atoms with Crippen LogP contribution in [0.15, 0.2) is 59.1 Å². The third kappa shape index (κ3) is 5.18. The van der Waals surface area contributed by atoms with Gasteiger partial charge in [0, 0.05) is 4.47 Å². The van der Waals surface area contributed by atoms with Crippen LogP contribution in [0.4, 0.5) is 0 Å². The Morgan fingerprint density at radius 3 is 2.42 bits per heavy atom. The second-order valence-electron chi connectivity index (χ2n) is 6.78. The molecule has 1 atom stereocenters. The summed E-state index contributed by atoms with van der Waals surface area (Å²) in [6.45, 7) is 4.89. The fraction of sp³-hybridized carbons (Fsp3) is 0.182. The van der Waals surface area contributed by atoms with Crippen LogP contribution < -0.4 is 15.6 Å². The van der Waals surface area contributed by atoms with Crippen LogP contribution in [0.1, 0.15) is 28.7 Å². The molecule has 0 radical (unpaired) electrons. The molecule has 2 N–H and O–H groups in total. The van der Waals surface area contributed by atoms with E-state index in [-0.39, 0.29) is 5.56 Å². The first-order valence-corrected chi connectivity index (χ1v) is 10.3. The molecule has 0 aliphatic carbocycles. The zero-order valence-corrected chi connectivity index (χ0v) is 18.8. The number of ketones is 1. The average molecular weight is 485 g/mol. The Balaban J connectivity index is 1.64. The molecule has 0 aliphatic heterocycles. The van der Waals surface area contributed by atoms with Gasteiger partial charge in [-0.25, -0.2) is 4.68 Å². The lowest BCUT2D eigenvalue weighted by Crippen LogP contribution is -2.49. The number of hydrazine groups is 1. The van der Waals surface area contributed by atoms with E-state index in [9.17, 15) is 14.4 Å². The fourth-order valence-corrected chi connectivity index (χ4v) is 3.36. The molecule has 1 aromatic heterocycles. The lowest BCUT2D eigenvalue weighted by atomic mass is 10.1. The van der Waals surface area contributed by atoms with Crippen LogP contribution in [0, 0.1) is 13.8 Å². The molecule has 1 unspecified atom stereocenters. The number of amides is 2. The minimum absolute atomic E-state index is 0.189. The number of para-hydroxylation sites is 1. The van der Waals surface area contributed by atoms with Crippen molar-refractivity contribution in [1.29, 1.82) is 0 Å². The molecular weight excluding hydrogens is 464 g/mol. The molecule has 9 heteroatoms. The highest BCUT2D eigenvalue weighted by atomic mass is 79.9. The van der Waals surface area contributed by atoms with Crippen molar-refractivity contribution in [1.82, 2.24) is 20.6 Å². The summed E-state index contributed by atoms with van der Waals surface area (Å²) in [6.07, 6.45) is -0.894. The van der Waals surface area contributed by atoms with Gasteiger partial charge in [0.1, 0.15) is 5.75 Å². The second-order valence-corrected chi connectivity index (χ2v) is 7.70. The first-order valence-electron chi connectivity index (χ1n) is 9.46. The molecule has 3 rings (SSSR count). The van der Waals surface area contributed by atoms with Crippen LogP contribution in [-0.2, 0) is 9.59 Å². The van der Waals surface area contributed by atoms with Crippen LogP contribution in [-0.4, -0.2) is 33.5 Å². The third-order valence-electron chi connectivity index (χ3n) is 4.50. The molecule has 8 nitrogen and oxygen atoms in total. The van der Waals surface area contributed by atoms with Gasteiger partial charge in [-0.3, -0.25) is 25.2 Å². The van der Waals surface area contributed by atoms with Crippen LogP contribution in [0.25, 0.3) is 5.69 Å². The first-order chi connectivity index (χ1) is 14.8. The van der Waals surface area contributed by atoms with Crippen LogP contribution in [0.5, 0.6) is 5.75 Å². The van der Waals surface area contributed by atoms with Gasteiger partial charge in [-0.15, -0.1) is 0 Å². The summed E-state index contributed by atoms with van der Waals surface area (Å²) in [4.78, 5) is 37.3. The Morgan fingerprint density at radius 1 is 1.03 bits per heavy atom. The van der Waals surface area contributed by atoms with Crippen molar-refractivity contribution >= 4 is 33.5 Å². The minimum Gasteiger partial charge on any atom is -0.481 e. The molecule has 0 spiro atoms. The van der Waals surface area contributed by atoms with Crippen molar-refractivity contribution in [2.24, 2.45) is 0 Å². The number of aromatic nitrogens is 2. The second kappa shape index (κ2) is 9.57. The Hall–Kier alpha value is -3.46. The van der Waals surface area contributed by atoms with Crippen molar-refractivity contribution in [2.75, 3.05) is 0 Å². The predicted octanol–water partition coefficient (Wildman–Crippen LogP) is 3.05. The highest BCUT2D eigenvalue weighted by molar-refractivity contribution is 9.10. The highest BCUT2D eigenvalue weighted by Crippen LogP contribution is 2.19. The highest BCUT2D eigenvalue weighted by Gasteiger charge is 2.26. The summed E-state index contributed by atoms with van der Waals surface area (Å²) in [5, 5.41) is 4.37.